The van der Waals surface area contributed by atoms with Gasteiger partial charge in [0, 0.05) is 58.1 Å². The summed E-state index contributed by atoms with van der Waals surface area (Å²) < 4.78 is 10.9. The number of rotatable bonds is 5. The van der Waals surface area contributed by atoms with Crippen molar-refractivity contribution in [3.63, 3.8) is 0 Å². The van der Waals surface area contributed by atoms with E-state index in [0.29, 0.717) is 36.6 Å². The zero-order valence-electron chi connectivity index (χ0n) is 22.9. The molecule has 0 aliphatic carbocycles. The molecule has 0 bridgehead atoms. The van der Waals surface area contributed by atoms with E-state index in [1.54, 1.807) is 24.3 Å². The molecular weight excluding hydrogens is 518 g/mol. The van der Waals surface area contributed by atoms with Gasteiger partial charge in [0.15, 0.2) is 5.69 Å². The molecule has 2 aliphatic rings. The quantitative estimate of drug-likeness (QED) is 0.327. The number of carbonyl (C=O) groups excluding carboxylic acids is 2. The maximum atomic E-state index is 13.5. The number of ether oxygens (including phenoxy) is 2. The fourth-order valence-corrected chi connectivity index (χ4v) is 6.12. The van der Waals surface area contributed by atoms with Gasteiger partial charge < -0.3 is 30.0 Å². The molecule has 3 N–H and O–H groups in total. The van der Waals surface area contributed by atoms with Gasteiger partial charge in [-0.1, -0.05) is 24.3 Å². The number of nitrogens with zero attached hydrogens (tertiary/aromatic N) is 3. The molecule has 2 amide bonds. The van der Waals surface area contributed by atoms with Gasteiger partial charge in [0.1, 0.15) is 5.75 Å². The van der Waals surface area contributed by atoms with E-state index in [1.165, 1.54) is 0 Å². The molecule has 9 heteroatoms. The van der Waals surface area contributed by atoms with Crippen molar-refractivity contribution >= 4 is 45.0 Å². The van der Waals surface area contributed by atoms with Crippen molar-refractivity contribution in [2.45, 2.75) is 13.5 Å². The van der Waals surface area contributed by atoms with Gasteiger partial charge in [0.25, 0.3) is 11.8 Å². The zero-order valence-corrected chi connectivity index (χ0v) is 22.9. The standard InChI is InChI=1S/C32H29N5O4/c1-18-22(4-3-5-27(18)37-17-19-6-8-21(40-2)15-24(19)32(37)39)25-16-34-30(31(33)38)29-28(25)23-9-7-20(14-26(23)35-29)36-10-12-41-13-11-36/h3-9,14-16,35H,10-13,17H2,1-2H3,(H2,33,38). The van der Waals surface area contributed by atoms with Crippen LogP contribution in [0.1, 0.15) is 32.0 Å². The second-order valence-corrected chi connectivity index (χ2v) is 10.5. The summed E-state index contributed by atoms with van der Waals surface area (Å²) in [4.78, 5) is 37.9. The van der Waals surface area contributed by atoms with Crippen molar-refractivity contribution in [3.8, 4) is 16.9 Å². The van der Waals surface area contributed by atoms with E-state index in [1.807, 2.05) is 37.3 Å². The Bertz CT molecular complexity index is 1870. The molecule has 4 heterocycles. The van der Waals surface area contributed by atoms with Gasteiger partial charge in [-0.15, -0.1) is 0 Å². The lowest BCUT2D eigenvalue weighted by Gasteiger charge is -2.28. The molecule has 9 nitrogen and oxygen atoms in total. The van der Waals surface area contributed by atoms with Crippen molar-refractivity contribution in [1.29, 1.82) is 0 Å². The average Bonchev–Trinajstić information content (AvgIpc) is 3.54. The number of pyridine rings is 1. The minimum atomic E-state index is -0.595. The third-order valence-corrected chi connectivity index (χ3v) is 8.23. The maximum Gasteiger partial charge on any atom is 0.269 e. The monoisotopic (exact) mass is 547 g/mol. The van der Waals surface area contributed by atoms with Crippen LogP contribution in [0.3, 0.4) is 0 Å². The van der Waals surface area contributed by atoms with Gasteiger partial charge in [0.2, 0.25) is 0 Å². The number of morpholine rings is 1. The molecule has 0 spiro atoms. The number of amides is 2. The Morgan fingerprint density at radius 2 is 1.88 bits per heavy atom. The Labute approximate surface area is 236 Å². The van der Waals surface area contributed by atoms with Crippen LogP contribution in [0.15, 0.2) is 60.8 Å². The van der Waals surface area contributed by atoms with E-state index in [9.17, 15) is 9.59 Å². The Hall–Kier alpha value is -4.89. The number of hydrogen-bond acceptors (Lipinski definition) is 6. The average molecular weight is 548 g/mol. The summed E-state index contributed by atoms with van der Waals surface area (Å²) in [6.45, 7) is 5.53. The van der Waals surface area contributed by atoms with E-state index >= 15 is 0 Å². The Balaban J connectivity index is 1.37. The minimum absolute atomic E-state index is 0.0609. The number of aromatic nitrogens is 2. The topological polar surface area (TPSA) is 114 Å². The predicted molar refractivity (Wildman–Crippen MR) is 159 cm³/mol. The summed E-state index contributed by atoms with van der Waals surface area (Å²) in [6.07, 6.45) is 1.71. The highest BCUT2D eigenvalue weighted by molar-refractivity contribution is 6.19. The first kappa shape index (κ1) is 25.1. The fourth-order valence-electron chi connectivity index (χ4n) is 6.12. The number of anilines is 2. The second kappa shape index (κ2) is 9.64. The number of primary amides is 1. The van der Waals surface area contributed by atoms with Crippen LogP contribution in [0.4, 0.5) is 11.4 Å². The fraction of sp³-hybridized carbons (Fsp3) is 0.219. The molecule has 0 atom stereocenters. The number of aromatic amines is 1. The maximum absolute atomic E-state index is 13.5. The first-order valence-corrected chi connectivity index (χ1v) is 13.6. The van der Waals surface area contributed by atoms with Gasteiger partial charge >= 0.3 is 0 Å². The SMILES string of the molecule is COc1ccc2c(c1)C(=O)N(c1cccc(-c3cnc(C(N)=O)c4[nH]c5cc(N6CCOCC6)ccc5c34)c1C)C2. The summed E-state index contributed by atoms with van der Waals surface area (Å²) in [6, 6.07) is 17.8. The van der Waals surface area contributed by atoms with Crippen LogP contribution in [0.2, 0.25) is 0 Å². The van der Waals surface area contributed by atoms with Gasteiger partial charge in [-0.2, -0.15) is 0 Å². The molecule has 2 aromatic heterocycles. The summed E-state index contributed by atoms with van der Waals surface area (Å²) in [5, 5.41) is 1.84. The van der Waals surface area contributed by atoms with Crippen molar-refractivity contribution in [1.82, 2.24) is 9.97 Å². The molecular formula is C32H29N5O4. The predicted octanol–water partition coefficient (Wildman–Crippen LogP) is 4.80. The van der Waals surface area contributed by atoms with E-state index in [2.05, 4.69) is 33.1 Å². The Morgan fingerprint density at radius 3 is 2.66 bits per heavy atom. The van der Waals surface area contributed by atoms with Crippen molar-refractivity contribution in [2.24, 2.45) is 5.73 Å². The summed E-state index contributed by atoms with van der Waals surface area (Å²) in [7, 11) is 1.60. The third-order valence-electron chi connectivity index (χ3n) is 8.23. The van der Waals surface area contributed by atoms with Crippen LogP contribution in [0, 0.1) is 6.92 Å². The first-order valence-electron chi connectivity index (χ1n) is 13.6. The van der Waals surface area contributed by atoms with Gasteiger partial charge in [0.05, 0.1) is 32.4 Å². The van der Waals surface area contributed by atoms with Crippen LogP contribution in [-0.2, 0) is 11.3 Å². The number of nitrogens with one attached hydrogen (secondary N) is 1. The van der Waals surface area contributed by atoms with Crippen LogP contribution in [0.25, 0.3) is 32.9 Å². The number of fused-ring (bicyclic) bond motifs is 4. The molecule has 0 saturated carbocycles. The summed E-state index contributed by atoms with van der Waals surface area (Å²) >= 11 is 0. The molecule has 2 aliphatic heterocycles. The highest BCUT2D eigenvalue weighted by Crippen LogP contribution is 2.41. The number of benzene rings is 3. The van der Waals surface area contributed by atoms with Crippen molar-refractivity contribution < 1.29 is 19.1 Å². The second-order valence-electron chi connectivity index (χ2n) is 10.5. The van der Waals surface area contributed by atoms with Crippen LogP contribution < -0.4 is 20.3 Å². The Kier molecular flexibility index (Phi) is 5.90. The third kappa shape index (κ3) is 4.00. The molecule has 0 unspecified atom stereocenters. The molecule has 0 radical (unpaired) electrons. The van der Waals surface area contributed by atoms with E-state index in [-0.39, 0.29) is 11.6 Å². The van der Waals surface area contributed by atoms with Crippen LogP contribution in [-0.4, -0.2) is 55.2 Å². The highest BCUT2D eigenvalue weighted by Gasteiger charge is 2.31. The van der Waals surface area contributed by atoms with Crippen molar-refractivity contribution in [3.05, 3.63) is 83.2 Å². The smallest absolute Gasteiger partial charge is 0.269 e. The lowest BCUT2D eigenvalue weighted by atomic mass is 9.95. The molecule has 1 fully saturated rings. The highest BCUT2D eigenvalue weighted by atomic mass is 16.5. The van der Waals surface area contributed by atoms with E-state index < -0.39 is 5.91 Å². The van der Waals surface area contributed by atoms with Crippen LogP contribution >= 0.6 is 0 Å². The van der Waals surface area contributed by atoms with E-state index in [0.717, 1.165) is 63.0 Å². The lowest BCUT2D eigenvalue weighted by molar-refractivity contribution is 0.0988. The number of carbonyl (C=O) groups is 2. The first-order chi connectivity index (χ1) is 19.9. The number of methoxy groups -OCH3 is 1. The number of H-pyrrole nitrogens is 1. The molecule has 206 valence electrons. The molecule has 1 saturated heterocycles. The normalized spacial score (nSPS) is 15.1. The number of hydrogen-bond donors (Lipinski definition) is 2. The molecule has 5 aromatic rings. The summed E-state index contributed by atoms with van der Waals surface area (Å²) in [5.41, 5.74) is 13.7. The largest absolute Gasteiger partial charge is 0.497 e. The molecule has 3 aromatic carbocycles. The van der Waals surface area contributed by atoms with Gasteiger partial charge in [-0.3, -0.25) is 9.59 Å². The number of nitrogens with two attached hydrogens (primary N) is 1. The zero-order chi connectivity index (χ0) is 28.2. The lowest BCUT2D eigenvalue weighted by Crippen LogP contribution is -2.36. The van der Waals surface area contributed by atoms with E-state index in [4.69, 9.17) is 15.2 Å². The van der Waals surface area contributed by atoms with Crippen molar-refractivity contribution in [2.75, 3.05) is 43.2 Å². The van der Waals surface area contributed by atoms with Gasteiger partial charge in [-0.25, -0.2) is 4.98 Å². The summed E-state index contributed by atoms with van der Waals surface area (Å²) in [5.74, 6) is 0.000570. The Morgan fingerprint density at radius 1 is 1.05 bits per heavy atom. The minimum Gasteiger partial charge on any atom is -0.497 e. The van der Waals surface area contributed by atoms with Crippen LogP contribution in [0.5, 0.6) is 5.75 Å². The molecule has 41 heavy (non-hydrogen) atoms. The molecule has 7 rings (SSSR count). The van der Waals surface area contributed by atoms with Gasteiger partial charge in [-0.05, 0) is 53.9 Å².